The van der Waals surface area contributed by atoms with Crippen LogP contribution in [0.15, 0.2) is 30.3 Å². The third-order valence-corrected chi connectivity index (χ3v) is 2.92. The number of carbonyl (C=O) groups excluding carboxylic acids is 2. The van der Waals surface area contributed by atoms with Crippen LogP contribution in [-0.2, 0) is 4.79 Å². The Bertz CT molecular complexity index is 433. The molecule has 0 spiro atoms. The molecule has 1 heterocycles. The highest BCUT2D eigenvalue weighted by atomic mass is 16.2. The number of benzene rings is 1. The van der Waals surface area contributed by atoms with Crippen molar-refractivity contribution in [1.82, 2.24) is 15.5 Å². The van der Waals surface area contributed by atoms with Crippen LogP contribution in [-0.4, -0.2) is 36.5 Å². The van der Waals surface area contributed by atoms with Crippen LogP contribution in [0.2, 0.25) is 0 Å². The Hall–Kier alpha value is -1.88. The quantitative estimate of drug-likeness (QED) is 0.600. The summed E-state index contributed by atoms with van der Waals surface area (Å²) < 4.78 is 0. The molecule has 18 heavy (non-hydrogen) atoms. The first kappa shape index (κ1) is 12.6. The Kier molecular flexibility index (Phi) is 3.94. The molecule has 0 bridgehead atoms. The van der Waals surface area contributed by atoms with Gasteiger partial charge in [0.15, 0.2) is 0 Å². The van der Waals surface area contributed by atoms with Crippen molar-refractivity contribution in [2.45, 2.75) is 13.0 Å². The number of urea groups is 1. The van der Waals surface area contributed by atoms with Gasteiger partial charge in [0.25, 0.3) is 5.91 Å². The minimum Gasteiger partial charge on any atom is -0.322 e. The fraction of sp³-hybridized carbons (Fsp3) is 0.385. The molecule has 2 N–H and O–H groups in total. The van der Waals surface area contributed by atoms with Crippen LogP contribution in [0.3, 0.4) is 0 Å². The van der Waals surface area contributed by atoms with Crippen LogP contribution in [0.1, 0.15) is 18.5 Å². The lowest BCUT2D eigenvalue weighted by Crippen LogP contribution is -2.37. The number of hydrogen-bond donors (Lipinski definition) is 2. The van der Waals surface area contributed by atoms with E-state index in [1.807, 2.05) is 37.3 Å². The molecule has 1 unspecified atom stereocenters. The van der Waals surface area contributed by atoms with Gasteiger partial charge >= 0.3 is 6.03 Å². The van der Waals surface area contributed by atoms with E-state index < -0.39 is 6.04 Å². The monoisotopic (exact) mass is 247 g/mol. The van der Waals surface area contributed by atoms with Crippen LogP contribution in [0.25, 0.3) is 0 Å². The zero-order valence-corrected chi connectivity index (χ0v) is 10.3. The van der Waals surface area contributed by atoms with Gasteiger partial charge in [0.05, 0.1) is 0 Å². The predicted octanol–water partition coefficient (Wildman–Crippen LogP) is 0.889. The smallest absolute Gasteiger partial charge is 0.322 e. The summed E-state index contributed by atoms with van der Waals surface area (Å²) in [6.07, 6.45) is 0. The van der Waals surface area contributed by atoms with Gasteiger partial charge < -0.3 is 10.6 Å². The van der Waals surface area contributed by atoms with Gasteiger partial charge in [-0.15, -0.1) is 0 Å². The number of nitrogens with zero attached hydrogens (tertiary/aromatic N) is 1. The van der Waals surface area contributed by atoms with Crippen molar-refractivity contribution in [1.29, 1.82) is 0 Å². The van der Waals surface area contributed by atoms with E-state index in [0.29, 0.717) is 13.1 Å². The van der Waals surface area contributed by atoms with E-state index >= 15 is 0 Å². The normalized spacial score (nSPS) is 19.2. The van der Waals surface area contributed by atoms with E-state index in [4.69, 9.17) is 0 Å². The zero-order valence-electron chi connectivity index (χ0n) is 10.3. The maximum atomic E-state index is 12.1. The minimum absolute atomic E-state index is 0.177. The van der Waals surface area contributed by atoms with E-state index in [1.54, 1.807) is 0 Å². The Morgan fingerprint density at radius 2 is 2.00 bits per heavy atom. The van der Waals surface area contributed by atoms with Crippen LogP contribution in [0, 0.1) is 0 Å². The number of likely N-dealkylation sites (N-methyl/N-ethyl adjacent to an activating group) is 1. The first-order valence-corrected chi connectivity index (χ1v) is 6.11. The molecule has 3 amide bonds. The summed E-state index contributed by atoms with van der Waals surface area (Å²) in [5, 5.41) is 5.80. The number of carbonyl (C=O) groups is 2. The van der Waals surface area contributed by atoms with E-state index in [0.717, 1.165) is 12.1 Å². The Morgan fingerprint density at radius 1 is 1.28 bits per heavy atom. The molecule has 96 valence electrons. The first-order chi connectivity index (χ1) is 8.74. The highest BCUT2D eigenvalue weighted by Crippen LogP contribution is 2.20. The summed E-state index contributed by atoms with van der Waals surface area (Å²) in [7, 11) is 0. The van der Waals surface area contributed by atoms with Gasteiger partial charge in [-0.3, -0.25) is 9.69 Å². The summed E-state index contributed by atoms with van der Waals surface area (Å²) in [5.74, 6) is -0.177. The molecule has 1 aromatic carbocycles. The van der Waals surface area contributed by atoms with Gasteiger partial charge in [0.1, 0.15) is 6.04 Å². The van der Waals surface area contributed by atoms with Gasteiger partial charge in [-0.25, -0.2) is 4.79 Å². The van der Waals surface area contributed by atoms with Crippen molar-refractivity contribution in [2.24, 2.45) is 0 Å². The molecule has 0 radical (unpaired) electrons. The van der Waals surface area contributed by atoms with E-state index in [1.165, 1.54) is 4.90 Å². The topological polar surface area (TPSA) is 61.4 Å². The number of nitrogens with one attached hydrogen (secondary N) is 2. The molecule has 1 saturated heterocycles. The highest BCUT2D eigenvalue weighted by molar-refractivity contribution is 6.04. The number of imide groups is 1. The lowest BCUT2D eigenvalue weighted by atomic mass is 10.1. The molecule has 0 aromatic heterocycles. The zero-order chi connectivity index (χ0) is 13.0. The van der Waals surface area contributed by atoms with Crippen molar-refractivity contribution in [3.63, 3.8) is 0 Å². The average Bonchev–Trinajstić information content (AvgIpc) is 2.68. The van der Waals surface area contributed by atoms with Crippen molar-refractivity contribution < 1.29 is 9.59 Å². The molecular weight excluding hydrogens is 230 g/mol. The van der Waals surface area contributed by atoms with E-state index in [9.17, 15) is 9.59 Å². The highest BCUT2D eigenvalue weighted by Gasteiger charge is 2.38. The molecule has 5 nitrogen and oxygen atoms in total. The molecule has 0 saturated carbocycles. The predicted molar refractivity (Wildman–Crippen MR) is 68.0 cm³/mol. The van der Waals surface area contributed by atoms with Gasteiger partial charge in [0, 0.05) is 13.1 Å². The van der Waals surface area contributed by atoms with Gasteiger partial charge in [-0.2, -0.15) is 0 Å². The fourth-order valence-electron chi connectivity index (χ4n) is 1.97. The van der Waals surface area contributed by atoms with Crippen LogP contribution in [0.5, 0.6) is 0 Å². The molecule has 1 aliphatic rings. The third-order valence-electron chi connectivity index (χ3n) is 2.92. The molecule has 5 heteroatoms. The minimum atomic E-state index is -0.541. The van der Waals surface area contributed by atoms with Crippen molar-refractivity contribution >= 4 is 11.9 Å². The molecule has 1 aliphatic heterocycles. The third kappa shape index (κ3) is 2.51. The average molecular weight is 247 g/mol. The number of amides is 3. The molecule has 0 aliphatic carbocycles. The van der Waals surface area contributed by atoms with Gasteiger partial charge in [-0.1, -0.05) is 37.3 Å². The summed E-state index contributed by atoms with van der Waals surface area (Å²) in [6, 6.07) is 8.43. The number of rotatable bonds is 5. The van der Waals surface area contributed by atoms with Crippen LogP contribution < -0.4 is 10.6 Å². The second-order valence-corrected chi connectivity index (χ2v) is 4.14. The summed E-state index contributed by atoms with van der Waals surface area (Å²) >= 11 is 0. The summed E-state index contributed by atoms with van der Waals surface area (Å²) in [6.45, 7) is 3.84. The second kappa shape index (κ2) is 5.64. The lowest BCUT2D eigenvalue weighted by molar-refractivity contribution is -0.127. The SMILES string of the molecule is CCNCCN1C(=O)NC(c2ccccc2)C1=O. The molecule has 1 aromatic rings. The Morgan fingerprint density at radius 3 is 2.67 bits per heavy atom. The fourth-order valence-corrected chi connectivity index (χ4v) is 1.97. The largest absolute Gasteiger partial charge is 0.325 e. The Balaban J connectivity index is 2.05. The molecule has 1 fully saturated rings. The van der Waals surface area contributed by atoms with Crippen molar-refractivity contribution in [2.75, 3.05) is 19.6 Å². The van der Waals surface area contributed by atoms with Gasteiger partial charge in [0.2, 0.25) is 0 Å². The maximum absolute atomic E-state index is 12.1. The molecule has 2 rings (SSSR count). The van der Waals surface area contributed by atoms with Gasteiger partial charge in [-0.05, 0) is 12.1 Å². The summed E-state index contributed by atoms with van der Waals surface area (Å²) in [5.41, 5.74) is 0.821. The Labute approximate surface area is 106 Å². The number of hydrogen-bond acceptors (Lipinski definition) is 3. The van der Waals surface area contributed by atoms with Crippen LogP contribution in [0.4, 0.5) is 4.79 Å². The summed E-state index contributed by atoms with van der Waals surface area (Å²) in [4.78, 5) is 25.1. The van der Waals surface area contributed by atoms with E-state index in [-0.39, 0.29) is 11.9 Å². The molecular formula is C13H17N3O2. The van der Waals surface area contributed by atoms with Crippen LogP contribution >= 0.6 is 0 Å². The molecule has 1 atom stereocenters. The van der Waals surface area contributed by atoms with Crippen molar-refractivity contribution in [3.8, 4) is 0 Å². The van der Waals surface area contributed by atoms with Crippen molar-refractivity contribution in [3.05, 3.63) is 35.9 Å². The lowest BCUT2D eigenvalue weighted by Gasteiger charge is -2.13. The van der Waals surface area contributed by atoms with E-state index in [2.05, 4.69) is 10.6 Å². The standard InChI is InChI=1S/C13H17N3O2/c1-2-14-8-9-16-12(17)11(15-13(16)18)10-6-4-3-5-7-10/h3-7,11,14H,2,8-9H2,1H3,(H,15,18). The maximum Gasteiger partial charge on any atom is 0.325 e. The first-order valence-electron chi connectivity index (χ1n) is 6.11. The second-order valence-electron chi connectivity index (χ2n) is 4.14.